The van der Waals surface area contributed by atoms with Gasteiger partial charge in [-0.25, -0.2) is 5.48 Å². The van der Waals surface area contributed by atoms with Crippen molar-refractivity contribution in [1.29, 1.82) is 0 Å². The highest BCUT2D eigenvalue weighted by Gasteiger charge is 2.01. The maximum Gasteiger partial charge on any atom is 0.165 e. The van der Waals surface area contributed by atoms with Gasteiger partial charge in [0.05, 0.1) is 6.21 Å². The van der Waals surface area contributed by atoms with Crippen LogP contribution in [0.3, 0.4) is 0 Å². The molecule has 0 spiro atoms. The van der Waals surface area contributed by atoms with E-state index in [-0.39, 0.29) is 0 Å². The smallest absolute Gasteiger partial charge is 0.165 e. The second-order valence-electron chi connectivity index (χ2n) is 4.33. The van der Waals surface area contributed by atoms with Gasteiger partial charge in [0.1, 0.15) is 0 Å². The number of benzene rings is 2. The largest absolute Gasteiger partial charge is 0.382 e. The van der Waals surface area contributed by atoms with E-state index in [2.05, 4.69) is 10.6 Å². The fourth-order valence-electron chi connectivity index (χ4n) is 1.90. The van der Waals surface area contributed by atoms with Crippen LogP contribution < -0.4 is 15.2 Å². The van der Waals surface area contributed by atoms with Gasteiger partial charge in [-0.1, -0.05) is 41.6 Å². The lowest BCUT2D eigenvalue weighted by atomic mass is 10.2. The van der Waals surface area contributed by atoms with Crippen LogP contribution in [-0.2, 0) is 0 Å². The minimum atomic E-state index is 0.803. The summed E-state index contributed by atoms with van der Waals surface area (Å²) in [5.41, 5.74) is 4.83. The quantitative estimate of drug-likeness (QED) is 0.800. The van der Waals surface area contributed by atoms with Crippen LogP contribution in [0.15, 0.2) is 66.0 Å². The van der Waals surface area contributed by atoms with E-state index in [4.69, 9.17) is 9.68 Å². The molecule has 104 valence electrons. The number of para-hydroxylation sites is 2. The molecule has 4 heteroatoms. The van der Waals surface area contributed by atoms with E-state index < -0.39 is 0 Å². The molecule has 2 aliphatic rings. The average Bonchev–Trinajstić information content (AvgIpc) is 2.81. The molecule has 1 N–H and O–H groups in total. The molecule has 2 heterocycles. The fraction of sp³-hybridized carbons (Fsp3) is 0. The van der Waals surface area contributed by atoms with Gasteiger partial charge in [-0.3, -0.25) is 0 Å². The Morgan fingerprint density at radius 2 is 1.52 bits per heavy atom. The van der Waals surface area contributed by atoms with Gasteiger partial charge in [-0.2, -0.15) is 0 Å². The molecule has 0 bridgehead atoms. The molecular formula is C17H14N2O2. The molecule has 2 aliphatic heterocycles. The van der Waals surface area contributed by atoms with E-state index in [9.17, 15) is 0 Å². The monoisotopic (exact) mass is 278 g/mol. The second-order valence-corrected chi connectivity index (χ2v) is 4.33. The number of hydrogen-bond acceptors (Lipinski definition) is 4. The summed E-state index contributed by atoms with van der Waals surface area (Å²) < 4.78 is 0. The van der Waals surface area contributed by atoms with Gasteiger partial charge in [0, 0.05) is 17.3 Å². The molecule has 0 aromatic heterocycles. The summed E-state index contributed by atoms with van der Waals surface area (Å²) in [5, 5.41) is 3.70. The predicted molar refractivity (Wildman–Crippen MR) is 83.8 cm³/mol. The van der Waals surface area contributed by atoms with Crippen molar-refractivity contribution in [3.05, 3.63) is 71.9 Å². The number of hydrogen-bond donors (Lipinski definition) is 1. The van der Waals surface area contributed by atoms with E-state index >= 15 is 0 Å². The fourth-order valence-corrected chi connectivity index (χ4v) is 1.90. The van der Waals surface area contributed by atoms with E-state index in [1.807, 2.05) is 66.8 Å². The molecule has 0 unspecified atom stereocenters. The van der Waals surface area contributed by atoms with Gasteiger partial charge >= 0.3 is 0 Å². The first kappa shape index (κ1) is 13.0. The SMILES string of the molecule is C1=Cc2ccccc2ON1.C1=Cc2ccccc2ON=C1. The van der Waals surface area contributed by atoms with Crippen LogP contribution in [0.4, 0.5) is 0 Å². The summed E-state index contributed by atoms with van der Waals surface area (Å²) in [7, 11) is 0. The second kappa shape index (κ2) is 6.43. The lowest BCUT2D eigenvalue weighted by molar-refractivity contribution is 0.239. The van der Waals surface area contributed by atoms with Gasteiger partial charge in [-0.15, -0.1) is 0 Å². The lowest BCUT2D eigenvalue weighted by Crippen LogP contribution is -2.13. The Morgan fingerprint density at radius 1 is 0.810 bits per heavy atom. The summed E-state index contributed by atoms with van der Waals surface area (Å²) in [4.78, 5) is 10.1. The van der Waals surface area contributed by atoms with Gasteiger partial charge in [0.15, 0.2) is 11.5 Å². The summed E-state index contributed by atoms with van der Waals surface area (Å²) in [6, 6.07) is 15.6. The first-order chi connectivity index (χ1) is 10.4. The van der Waals surface area contributed by atoms with Gasteiger partial charge in [0.25, 0.3) is 0 Å². The molecule has 21 heavy (non-hydrogen) atoms. The normalized spacial score (nSPS) is 13.3. The van der Waals surface area contributed by atoms with Crippen LogP contribution >= 0.6 is 0 Å². The highest BCUT2D eigenvalue weighted by molar-refractivity contribution is 5.80. The van der Waals surface area contributed by atoms with Crippen LogP contribution in [0.2, 0.25) is 0 Å². The Balaban J connectivity index is 0.000000126. The number of rotatable bonds is 0. The molecule has 2 aromatic carbocycles. The van der Waals surface area contributed by atoms with E-state index in [1.54, 1.807) is 12.4 Å². The molecule has 0 radical (unpaired) electrons. The third-order valence-corrected chi connectivity index (χ3v) is 2.91. The lowest BCUT2D eigenvalue weighted by Gasteiger charge is -2.11. The molecule has 4 nitrogen and oxygen atoms in total. The number of oxime groups is 1. The predicted octanol–water partition coefficient (Wildman–Crippen LogP) is 3.63. The molecule has 0 fully saturated rings. The van der Waals surface area contributed by atoms with Crippen molar-refractivity contribution in [3.8, 4) is 11.5 Å². The molecule has 0 aliphatic carbocycles. The van der Waals surface area contributed by atoms with Crippen molar-refractivity contribution in [2.45, 2.75) is 0 Å². The number of hydroxylamine groups is 1. The van der Waals surface area contributed by atoms with E-state index in [0.29, 0.717) is 0 Å². The number of nitrogens with zero attached hydrogens (tertiary/aromatic N) is 1. The van der Waals surface area contributed by atoms with Crippen molar-refractivity contribution < 1.29 is 9.68 Å². The maximum atomic E-state index is 5.09. The molecular weight excluding hydrogens is 264 g/mol. The number of allylic oxidation sites excluding steroid dienone is 1. The number of fused-ring (bicyclic) bond motifs is 2. The molecule has 4 rings (SSSR count). The molecule has 0 saturated heterocycles. The summed E-state index contributed by atoms with van der Waals surface area (Å²) >= 11 is 0. The molecule has 0 saturated carbocycles. The Bertz CT molecular complexity index is 705. The average molecular weight is 278 g/mol. The van der Waals surface area contributed by atoms with Crippen LogP contribution in [0.1, 0.15) is 11.1 Å². The van der Waals surface area contributed by atoms with E-state index in [1.165, 1.54) is 0 Å². The maximum absolute atomic E-state index is 5.09. The minimum absolute atomic E-state index is 0.803. The number of nitrogens with one attached hydrogen (secondary N) is 1. The van der Waals surface area contributed by atoms with Crippen molar-refractivity contribution in [3.63, 3.8) is 0 Å². The summed E-state index contributed by atoms with van der Waals surface area (Å²) in [5.74, 6) is 1.68. The standard InChI is InChI=1S/C9H7NO.C8H7NO/c1-2-6-9-8(4-1)5-3-7-10-11-9;1-2-4-8-7(3-1)5-6-9-10-8/h1-7H;1-6,9H. The van der Waals surface area contributed by atoms with E-state index in [0.717, 1.165) is 22.6 Å². The zero-order valence-electron chi connectivity index (χ0n) is 11.3. The topological polar surface area (TPSA) is 42.8 Å². The minimum Gasteiger partial charge on any atom is -0.382 e. The van der Waals surface area contributed by atoms with Crippen LogP contribution in [0.5, 0.6) is 11.5 Å². The van der Waals surface area contributed by atoms with Gasteiger partial charge < -0.3 is 9.68 Å². The van der Waals surface area contributed by atoms with Crippen LogP contribution in [0, 0.1) is 0 Å². The van der Waals surface area contributed by atoms with Crippen molar-refractivity contribution in [2.75, 3.05) is 0 Å². The third kappa shape index (κ3) is 3.30. The summed E-state index contributed by atoms with van der Waals surface area (Å²) in [6.07, 6.45) is 9.18. The third-order valence-electron chi connectivity index (χ3n) is 2.91. The van der Waals surface area contributed by atoms with Gasteiger partial charge in [0.2, 0.25) is 0 Å². The first-order valence-corrected chi connectivity index (χ1v) is 6.57. The highest BCUT2D eigenvalue weighted by Crippen LogP contribution is 2.21. The molecule has 0 amide bonds. The molecule has 0 atom stereocenters. The Labute approximate surface area is 123 Å². The molecule has 2 aromatic rings. The van der Waals surface area contributed by atoms with Gasteiger partial charge in [-0.05, 0) is 30.4 Å². The Kier molecular flexibility index (Phi) is 3.98. The first-order valence-electron chi connectivity index (χ1n) is 6.57. The zero-order valence-corrected chi connectivity index (χ0v) is 11.3. The Hall–Kier alpha value is -3.01. The Morgan fingerprint density at radius 3 is 2.33 bits per heavy atom. The van der Waals surface area contributed by atoms with Crippen LogP contribution in [-0.4, -0.2) is 6.21 Å². The highest BCUT2D eigenvalue weighted by atomic mass is 16.6. The zero-order chi connectivity index (χ0) is 14.3. The summed E-state index contributed by atoms with van der Waals surface area (Å²) in [6.45, 7) is 0. The van der Waals surface area contributed by atoms with Crippen molar-refractivity contribution in [1.82, 2.24) is 5.48 Å². The van der Waals surface area contributed by atoms with Crippen LogP contribution in [0.25, 0.3) is 12.2 Å². The van der Waals surface area contributed by atoms with Crippen molar-refractivity contribution in [2.24, 2.45) is 5.16 Å². The van der Waals surface area contributed by atoms with Crippen molar-refractivity contribution >= 4 is 18.4 Å².